The highest BCUT2D eigenvalue weighted by molar-refractivity contribution is 6.31. The zero-order valence-corrected chi connectivity index (χ0v) is 16.5. The van der Waals surface area contributed by atoms with Gasteiger partial charge in [-0.3, -0.25) is 0 Å². The number of fused-ring (bicyclic) bond motifs is 1. The standard InChI is InChI=1S/C20H16ClF3N6/c1-2-14-18(16-9-12(21)7-8-30(16)29-14)15-10-17(25)28-19(27-15)26-13-5-3-11(4-6-13)20(22,23)24/h3-10H,2H2,1H3,(H3,25,26,27,28). The summed E-state index contributed by atoms with van der Waals surface area (Å²) in [6, 6.07) is 9.72. The molecule has 10 heteroatoms. The predicted molar refractivity (Wildman–Crippen MR) is 110 cm³/mol. The third-order valence-electron chi connectivity index (χ3n) is 4.47. The summed E-state index contributed by atoms with van der Waals surface area (Å²) in [5.74, 6) is 0.367. The number of nitrogens with one attached hydrogen (secondary N) is 1. The van der Waals surface area contributed by atoms with Crippen molar-refractivity contribution < 1.29 is 13.2 Å². The number of hydrogen-bond acceptors (Lipinski definition) is 5. The number of aromatic nitrogens is 4. The summed E-state index contributed by atoms with van der Waals surface area (Å²) in [4.78, 5) is 8.65. The molecule has 0 aliphatic carbocycles. The maximum Gasteiger partial charge on any atom is 0.416 e. The number of nitrogen functional groups attached to an aromatic ring is 1. The number of nitrogens with zero attached hydrogens (tertiary/aromatic N) is 4. The van der Waals surface area contributed by atoms with Crippen LogP contribution in [0.1, 0.15) is 18.2 Å². The van der Waals surface area contributed by atoms with Gasteiger partial charge in [-0.15, -0.1) is 0 Å². The number of aryl methyl sites for hydroxylation is 1. The molecule has 3 heterocycles. The van der Waals surface area contributed by atoms with Crippen LogP contribution < -0.4 is 11.1 Å². The average Bonchev–Trinajstić information content (AvgIpc) is 3.05. The van der Waals surface area contributed by atoms with E-state index >= 15 is 0 Å². The molecule has 154 valence electrons. The highest BCUT2D eigenvalue weighted by Gasteiger charge is 2.30. The van der Waals surface area contributed by atoms with Crippen LogP contribution in [0.5, 0.6) is 0 Å². The number of alkyl halides is 3. The second-order valence-corrected chi connectivity index (χ2v) is 6.99. The van der Waals surface area contributed by atoms with Crippen molar-refractivity contribution in [3.8, 4) is 11.3 Å². The minimum atomic E-state index is -4.40. The lowest BCUT2D eigenvalue weighted by Crippen LogP contribution is -2.05. The van der Waals surface area contributed by atoms with Crippen LogP contribution >= 0.6 is 11.6 Å². The van der Waals surface area contributed by atoms with Gasteiger partial charge in [0, 0.05) is 28.5 Å². The van der Waals surface area contributed by atoms with Crippen LogP contribution in [0.2, 0.25) is 5.02 Å². The van der Waals surface area contributed by atoms with Gasteiger partial charge >= 0.3 is 6.18 Å². The quantitative estimate of drug-likeness (QED) is 0.454. The largest absolute Gasteiger partial charge is 0.416 e. The van der Waals surface area contributed by atoms with Crippen LogP contribution in [-0.4, -0.2) is 19.6 Å². The molecule has 0 atom stereocenters. The summed E-state index contributed by atoms with van der Waals surface area (Å²) in [6.07, 6.45) is -1.99. The third-order valence-corrected chi connectivity index (χ3v) is 4.71. The average molecular weight is 433 g/mol. The Labute approximate surface area is 174 Å². The molecule has 0 fully saturated rings. The van der Waals surface area contributed by atoms with E-state index in [1.807, 2.05) is 6.92 Å². The summed E-state index contributed by atoms with van der Waals surface area (Å²) in [5.41, 5.74) is 8.50. The van der Waals surface area contributed by atoms with Crippen molar-refractivity contribution in [2.24, 2.45) is 0 Å². The van der Waals surface area contributed by atoms with E-state index in [9.17, 15) is 13.2 Å². The Hall–Kier alpha value is -3.33. The van der Waals surface area contributed by atoms with Crippen molar-refractivity contribution in [1.82, 2.24) is 19.6 Å². The summed E-state index contributed by atoms with van der Waals surface area (Å²) in [7, 11) is 0. The number of nitrogens with two attached hydrogens (primary N) is 1. The highest BCUT2D eigenvalue weighted by atomic mass is 35.5. The number of benzene rings is 1. The van der Waals surface area contributed by atoms with Crippen molar-refractivity contribution in [2.45, 2.75) is 19.5 Å². The first-order chi connectivity index (χ1) is 14.2. The molecule has 0 aliphatic heterocycles. The molecule has 30 heavy (non-hydrogen) atoms. The molecule has 0 aliphatic rings. The van der Waals surface area contributed by atoms with Gasteiger partial charge in [-0.05, 0) is 42.8 Å². The van der Waals surface area contributed by atoms with Crippen LogP contribution in [0.15, 0.2) is 48.7 Å². The molecule has 0 spiro atoms. The molecule has 0 unspecified atom stereocenters. The van der Waals surface area contributed by atoms with E-state index in [0.717, 1.165) is 28.9 Å². The lowest BCUT2D eigenvalue weighted by atomic mass is 10.1. The van der Waals surface area contributed by atoms with Crippen LogP contribution in [-0.2, 0) is 12.6 Å². The Morgan fingerprint density at radius 3 is 2.50 bits per heavy atom. The monoisotopic (exact) mass is 432 g/mol. The molecule has 3 aromatic heterocycles. The molecule has 4 aromatic rings. The maximum absolute atomic E-state index is 12.8. The van der Waals surface area contributed by atoms with E-state index < -0.39 is 11.7 Å². The topological polar surface area (TPSA) is 81.1 Å². The summed E-state index contributed by atoms with van der Waals surface area (Å²) in [6.45, 7) is 1.97. The van der Waals surface area contributed by atoms with Gasteiger partial charge in [0.1, 0.15) is 5.82 Å². The Morgan fingerprint density at radius 2 is 1.83 bits per heavy atom. The van der Waals surface area contributed by atoms with Crippen molar-refractivity contribution in [1.29, 1.82) is 0 Å². The minimum Gasteiger partial charge on any atom is -0.384 e. The zero-order valence-electron chi connectivity index (χ0n) is 15.7. The van der Waals surface area contributed by atoms with Gasteiger partial charge in [0.15, 0.2) is 0 Å². The Bertz CT molecular complexity index is 1220. The van der Waals surface area contributed by atoms with E-state index in [1.54, 1.807) is 28.9 Å². The lowest BCUT2D eigenvalue weighted by molar-refractivity contribution is -0.137. The number of pyridine rings is 1. The van der Waals surface area contributed by atoms with Crippen molar-refractivity contribution >= 4 is 34.6 Å². The van der Waals surface area contributed by atoms with Crippen molar-refractivity contribution in [2.75, 3.05) is 11.1 Å². The molecule has 6 nitrogen and oxygen atoms in total. The van der Waals surface area contributed by atoms with Crippen LogP contribution in [0.25, 0.3) is 16.8 Å². The fourth-order valence-electron chi connectivity index (χ4n) is 3.12. The van der Waals surface area contributed by atoms with Gasteiger partial charge in [0.25, 0.3) is 0 Å². The van der Waals surface area contributed by atoms with E-state index in [4.69, 9.17) is 17.3 Å². The second-order valence-electron chi connectivity index (χ2n) is 6.55. The Balaban J connectivity index is 1.74. The number of halogens is 4. The first-order valence-electron chi connectivity index (χ1n) is 9.00. The van der Waals surface area contributed by atoms with Crippen molar-refractivity contribution in [3.05, 3.63) is 64.9 Å². The number of anilines is 3. The Morgan fingerprint density at radius 1 is 1.10 bits per heavy atom. The maximum atomic E-state index is 12.8. The summed E-state index contributed by atoms with van der Waals surface area (Å²) < 4.78 is 40.0. The smallest absolute Gasteiger partial charge is 0.384 e. The Kier molecular flexibility index (Phi) is 4.98. The molecule has 1 aromatic carbocycles. The van der Waals surface area contributed by atoms with Gasteiger partial charge in [-0.2, -0.15) is 23.3 Å². The lowest BCUT2D eigenvalue weighted by Gasteiger charge is -2.10. The first kappa shape index (κ1) is 20.0. The van der Waals surface area contributed by atoms with Crippen LogP contribution in [0.4, 0.5) is 30.6 Å². The highest BCUT2D eigenvalue weighted by Crippen LogP contribution is 2.32. The number of rotatable bonds is 4. The van der Waals surface area contributed by atoms with Gasteiger partial charge in [-0.1, -0.05) is 18.5 Å². The van der Waals surface area contributed by atoms with E-state index in [-0.39, 0.29) is 11.8 Å². The van der Waals surface area contributed by atoms with Gasteiger partial charge in [-0.25, -0.2) is 9.50 Å². The minimum absolute atomic E-state index is 0.160. The van der Waals surface area contributed by atoms with Crippen LogP contribution in [0, 0.1) is 0 Å². The number of hydrogen-bond donors (Lipinski definition) is 2. The van der Waals surface area contributed by atoms with E-state index in [0.29, 0.717) is 22.8 Å². The SMILES string of the molecule is CCc1nn2ccc(Cl)cc2c1-c1cc(N)nc(Nc2ccc(C(F)(F)F)cc2)n1. The second kappa shape index (κ2) is 7.49. The first-order valence-corrected chi connectivity index (χ1v) is 9.38. The molecular weight excluding hydrogens is 417 g/mol. The van der Waals surface area contributed by atoms with E-state index in [1.165, 1.54) is 12.1 Å². The van der Waals surface area contributed by atoms with E-state index in [2.05, 4.69) is 20.4 Å². The fourth-order valence-corrected chi connectivity index (χ4v) is 3.28. The molecule has 4 rings (SSSR count). The molecule has 0 bridgehead atoms. The predicted octanol–water partition coefficient (Wildman–Crippen LogP) is 5.35. The normalized spacial score (nSPS) is 11.8. The van der Waals surface area contributed by atoms with Gasteiger partial charge < -0.3 is 11.1 Å². The van der Waals surface area contributed by atoms with Gasteiger partial charge in [0.2, 0.25) is 5.95 Å². The van der Waals surface area contributed by atoms with Gasteiger partial charge in [0.05, 0.1) is 22.5 Å². The fraction of sp³-hybridized carbons (Fsp3) is 0.150. The molecule has 0 saturated heterocycles. The van der Waals surface area contributed by atoms with Crippen molar-refractivity contribution in [3.63, 3.8) is 0 Å². The molecule has 0 saturated carbocycles. The zero-order chi connectivity index (χ0) is 21.5. The molecule has 0 amide bonds. The third kappa shape index (κ3) is 3.88. The molecule has 3 N–H and O–H groups in total. The molecule has 0 radical (unpaired) electrons. The molecular formula is C20H16ClF3N6. The summed E-state index contributed by atoms with van der Waals surface area (Å²) in [5, 5.41) is 8.01. The summed E-state index contributed by atoms with van der Waals surface area (Å²) >= 11 is 6.15. The van der Waals surface area contributed by atoms with Crippen LogP contribution in [0.3, 0.4) is 0 Å².